The van der Waals surface area contributed by atoms with Crippen molar-refractivity contribution in [2.24, 2.45) is 16.6 Å². The topological polar surface area (TPSA) is 59.6 Å². The van der Waals surface area contributed by atoms with Crippen molar-refractivity contribution in [2.45, 2.75) is 33.3 Å². The van der Waals surface area contributed by atoms with Crippen molar-refractivity contribution in [1.29, 1.82) is 0 Å². The van der Waals surface area contributed by atoms with E-state index >= 15 is 0 Å². The van der Waals surface area contributed by atoms with Gasteiger partial charge in [0.05, 0.1) is 6.61 Å². The van der Waals surface area contributed by atoms with Crippen LogP contribution < -0.4 is 11.1 Å². The summed E-state index contributed by atoms with van der Waals surface area (Å²) in [7, 11) is 1.68. The molecule has 0 spiro atoms. The van der Waals surface area contributed by atoms with Crippen LogP contribution in [0.25, 0.3) is 0 Å². The number of nitrogens with zero attached hydrogens (tertiary/aromatic N) is 1. The number of halogens is 1. The van der Waals surface area contributed by atoms with Gasteiger partial charge in [-0.3, -0.25) is 4.99 Å². The van der Waals surface area contributed by atoms with Gasteiger partial charge in [-0.05, 0) is 24.8 Å². The molecular formula is C15H26IN3O. The molecule has 4 nitrogen and oxygen atoms in total. The van der Waals surface area contributed by atoms with Crippen LogP contribution in [0.1, 0.15) is 32.3 Å². The molecule has 0 aliphatic rings. The van der Waals surface area contributed by atoms with Gasteiger partial charge in [0.25, 0.3) is 0 Å². The minimum absolute atomic E-state index is 0. The maximum atomic E-state index is 5.89. The summed E-state index contributed by atoms with van der Waals surface area (Å²) in [6, 6.07) is 7.94. The fourth-order valence-corrected chi connectivity index (χ4v) is 1.80. The van der Waals surface area contributed by atoms with E-state index in [0.29, 0.717) is 18.5 Å². The number of nitrogens with two attached hydrogens (primary N) is 1. The van der Waals surface area contributed by atoms with Gasteiger partial charge in [-0.1, -0.05) is 32.0 Å². The molecule has 0 unspecified atom stereocenters. The lowest BCUT2D eigenvalue weighted by molar-refractivity contribution is 0.185. The number of ether oxygens (including phenoxy) is 1. The SMILES string of the molecule is COCc1ccccc1NC(N)=NCCCC(C)C.I. The van der Waals surface area contributed by atoms with E-state index in [9.17, 15) is 0 Å². The molecule has 0 heterocycles. The van der Waals surface area contributed by atoms with E-state index in [2.05, 4.69) is 24.2 Å². The number of nitrogens with one attached hydrogen (secondary N) is 1. The van der Waals surface area contributed by atoms with Gasteiger partial charge in [0.2, 0.25) is 0 Å². The Balaban J connectivity index is 0.00000361. The second-order valence-electron chi connectivity index (χ2n) is 5.02. The summed E-state index contributed by atoms with van der Waals surface area (Å²) in [5.41, 5.74) is 7.91. The molecule has 3 N–H and O–H groups in total. The molecule has 0 aliphatic carbocycles. The molecule has 0 saturated carbocycles. The molecule has 0 atom stereocenters. The Morgan fingerprint density at radius 2 is 2.05 bits per heavy atom. The van der Waals surface area contributed by atoms with E-state index in [4.69, 9.17) is 10.5 Å². The Morgan fingerprint density at radius 3 is 2.70 bits per heavy atom. The standard InChI is InChI=1S/C15H25N3O.HI/c1-12(2)7-6-10-17-15(16)18-14-9-5-4-8-13(14)11-19-3;/h4-5,8-9,12H,6-7,10-11H2,1-3H3,(H3,16,17,18);1H. The molecule has 114 valence electrons. The normalized spacial score (nSPS) is 11.3. The molecule has 0 bridgehead atoms. The lowest BCUT2D eigenvalue weighted by atomic mass is 10.1. The van der Waals surface area contributed by atoms with Crippen LogP contribution in [0.5, 0.6) is 0 Å². The molecule has 0 aromatic heterocycles. The Labute approximate surface area is 139 Å². The quantitative estimate of drug-likeness (QED) is 0.323. The predicted octanol–water partition coefficient (Wildman–Crippen LogP) is 3.61. The van der Waals surface area contributed by atoms with Crippen molar-refractivity contribution in [2.75, 3.05) is 19.0 Å². The summed E-state index contributed by atoms with van der Waals surface area (Å²) in [6.07, 6.45) is 2.25. The summed E-state index contributed by atoms with van der Waals surface area (Å²) in [6.45, 7) is 5.76. The lowest BCUT2D eigenvalue weighted by Gasteiger charge is -2.11. The highest BCUT2D eigenvalue weighted by atomic mass is 127. The summed E-state index contributed by atoms with van der Waals surface area (Å²) < 4.78 is 5.15. The summed E-state index contributed by atoms with van der Waals surface area (Å²) >= 11 is 0. The average molecular weight is 391 g/mol. The monoisotopic (exact) mass is 391 g/mol. The van der Waals surface area contributed by atoms with Gasteiger partial charge in [0, 0.05) is 24.9 Å². The highest BCUT2D eigenvalue weighted by Crippen LogP contribution is 2.15. The van der Waals surface area contributed by atoms with Crippen LogP contribution in [0.3, 0.4) is 0 Å². The number of benzene rings is 1. The second kappa shape index (κ2) is 10.9. The number of anilines is 1. The van der Waals surface area contributed by atoms with Crippen molar-refractivity contribution in [3.8, 4) is 0 Å². The first kappa shape index (κ1) is 19.2. The molecule has 1 aromatic rings. The lowest BCUT2D eigenvalue weighted by Crippen LogP contribution is -2.23. The minimum Gasteiger partial charge on any atom is -0.380 e. The molecule has 1 rings (SSSR count). The molecule has 0 aliphatic heterocycles. The van der Waals surface area contributed by atoms with E-state index in [-0.39, 0.29) is 24.0 Å². The van der Waals surface area contributed by atoms with Crippen molar-refractivity contribution < 1.29 is 4.74 Å². The zero-order chi connectivity index (χ0) is 14.1. The van der Waals surface area contributed by atoms with Crippen LogP contribution >= 0.6 is 24.0 Å². The first-order valence-electron chi connectivity index (χ1n) is 6.77. The predicted molar refractivity (Wildman–Crippen MR) is 96.8 cm³/mol. The summed E-state index contributed by atoms with van der Waals surface area (Å²) in [5, 5.41) is 3.13. The van der Waals surface area contributed by atoms with Gasteiger partial charge >= 0.3 is 0 Å². The van der Waals surface area contributed by atoms with E-state index in [1.165, 1.54) is 6.42 Å². The maximum Gasteiger partial charge on any atom is 0.193 e. The van der Waals surface area contributed by atoms with E-state index in [1.807, 2.05) is 24.3 Å². The van der Waals surface area contributed by atoms with Gasteiger partial charge in [0.1, 0.15) is 0 Å². The summed E-state index contributed by atoms with van der Waals surface area (Å²) in [5.74, 6) is 1.18. The third kappa shape index (κ3) is 7.69. The Bertz CT molecular complexity index is 408. The number of guanidine groups is 1. The largest absolute Gasteiger partial charge is 0.380 e. The number of hydrogen-bond acceptors (Lipinski definition) is 2. The highest BCUT2D eigenvalue weighted by Gasteiger charge is 2.02. The molecule has 0 fully saturated rings. The Morgan fingerprint density at radius 1 is 1.35 bits per heavy atom. The van der Waals surface area contributed by atoms with Crippen LogP contribution in [0.15, 0.2) is 29.3 Å². The second-order valence-corrected chi connectivity index (χ2v) is 5.02. The first-order chi connectivity index (χ1) is 9.13. The van der Waals surface area contributed by atoms with Crippen LogP contribution in [0, 0.1) is 5.92 Å². The number of aliphatic imine (C=N–C) groups is 1. The van der Waals surface area contributed by atoms with E-state index in [0.717, 1.165) is 24.2 Å². The Kier molecular flexibility index (Phi) is 10.5. The van der Waals surface area contributed by atoms with Crippen LogP contribution in [-0.2, 0) is 11.3 Å². The van der Waals surface area contributed by atoms with Gasteiger partial charge in [-0.2, -0.15) is 0 Å². The number of methoxy groups -OCH3 is 1. The van der Waals surface area contributed by atoms with Crippen molar-refractivity contribution >= 4 is 35.6 Å². The van der Waals surface area contributed by atoms with Crippen molar-refractivity contribution in [1.82, 2.24) is 0 Å². The first-order valence-corrected chi connectivity index (χ1v) is 6.77. The minimum atomic E-state index is 0. The van der Waals surface area contributed by atoms with Gasteiger partial charge < -0.3 is 15.8 Å². The van der Waals surface area contributed by atoms with Gasteiger partial charge in [0.15, 0.2) is 5.96 Å². The smallest absolute Gasteiger partial charge is 0.193 e. The number of hydrogen-bond donors (Lipinski definition) is 2. The number of para-hydroxylation sites is 1. The number of rotatable bonds is 7. The molecule has 20 heavy (non-hydrogen) atoms. The third-order valence-corrected chi connectivity index (χ3v) is 2.80. The zero-order valence-electron chi connectivity index (χ0n) is 12.6. The summed E-state index contributed by atoms with van der Waals surface area (Å²) in [4.78, 5) is 4.34. The molecule has 5 heteroatoms. The molecular weight excluding hydrogens is 365 g/mol. The van der Waals surface area contributed by atoms with Gasteiger partial charge in [-0.25, -0.2) is 0 Å². The maximum absolute atomic E-state index is 5.89. The average Bonchev–Trinajstić information content (AvgIpc) is 2.37. The van der Waals surface area contributed by atoms with Crippen LogP contribution in [-0.4, -0.2) is 19.6 Å². The fourth-order valence-electron chi connectivity index (χ4n) is 1.80. The van der Waals surface area contributed by atoms with Crippen LogP contribution in [0.2, 0.25) is 0 Å². The van der Waals surface area contributed by atoms with Crippen LogP contribution in [0.4, 0.5) is 5.69 Å². The zero-order valence-corrected chi connectivity index (χ0v) is 14.9. The molecule has 0 amide bonds. The van der Waals surface area contributed by atoms with E-state index < -0.39 is 0 Å². The molecule has 1 aromatic carbocycles. The fraction of sp³-hybridized carbons (Fsp3) is 0.533. The molecule has 0 radical (unpaired) electrons. The van der Waals surface area contributed by atoms with E-state index in [1.54, 1.807) is 7.11 Å². The molecule has 0 saturated heterocycles. The highest BCUT2D eigenvalue weighted by molar-refractivity contribution is 14.0. The van der Waals surface area contributed by atoms with Gasteiger partial charge in [-0.15, -0.1) is 24.0 Å². The van der Waals surface area contributed by atoms with Crippen molar-refractivity contribution in [3.63, 3.8) is 0 Å². The third-order valence-electron chi connectivity index (χ3n) is 2.80. The van der Waals surface area contributed by atoms with Crippen molar-refractivity contribution in [3.05, 3.63) is 29.8 Å². The Hall–Kier alpha value is -0.820.